The van der Waals surface area contributed by atoms with Crippen LogP contribution in [-0.2, 0) is 23.3 Å². The number of hydrogen-bond donors (Lipinski definition) is 2. The van der Waals surface area contributed by atoms with Crippen molar-refractivity contribution in [3.05, 3.63) is 126 Å². The normalized spacial score (nSPS) is 19.0. The number of ether oxygens (including phenoxy) is 1. The first-order valence-corrected chi connectivity index (χ1v) is 13.5. The Balaban J connectivity index is 1.24. The first-order chi connectivity index (χ1) is 18.7. The summed E-state index contributed by atoms with van der Waals surface area (Å²) in [5.74, 6) is 0.890. The van der Waals surface area contributed by atoms with Gasteiger partial charge in [-0.25, -0.2) is 0 Å². The Bertz CT molecular complexity index is 1310. The number of carbonyl (C=O) groups excluding carboxylic acids is 1. The van der Waals surface area contributed by atoms with Gasteiger partial charge in [-0.3, -0.25) is 4.79 Å². The molecule has 1 aliphatic carbocycles. The summed E-state index contributed by atoms with van der Waals surface area (Å²) in [5, 5.41) is 6.99. The molecule has 0 unspecified atom stereocenters. The Hall–Kier alpha value is -3.89. The molecule has 0 spiro atoms. The van der Waals surface area contributed by atoms with Crippen molar-refractivity contribution in [1.82, 2.24) is 10.6 Å². The fourth-order valence-corrected chi connectivity index (χ4v) is 5.54. The molecule has 1 saturated carbocycles. The second-order valence-electron chi connectivity index (χ2n) is 10.2. The van der Waals surface area contributed by atoms with Gasteiger partial charge in [-0.05, 0) is 65.6 Å². The van der Waals surface area contributed by atoms with Gasteiger partial charge in [-0.15, -0.1) is 0 Å². The molecule has 2 N–H and O–H groups in total. The minimum absolute atomic E-state index is 0.101. The average molecular weight is 505 g/mol. The van der Waals surface area contributed by atoms with E-state index in [2.05, 4.69) is 65.2 Å². The summed E-state index contributed by atoms with van der Waals surface area (Å²) in [7, 11) is 1.68. The molecule has 4 aromatic carbocycles. The number of benzene rings is 4. The number of hydrogen-bond acceptors (Lipinski definition) is 3. The van der Waals surface area contributed by atoms with Gasteiger partial charge in [0, 0.05) is 19.1 Å². The van der Waals surface area contributed by atoms with Crippen LogP contribution in [0.3, 0.4) is 0 Å². The molecule has 0 atom stereocenters. The van der Waals surface area contributed by atoms with Gasteiger partial charge in [0.25, 0.3) is 0 Å². The lowest BCUT2D eigenvalue weighted by Gasteiger charge is -2.40. The summed E-state index contributed by atoms with van der Waals surface area (Å²) in [4.78, 5) is 13.8. The van der Waals surface area contributed by atoms with Crippen LogP contribution in [0.4, 0.5) is 0 Å². The molecule has 5 rings (SSSR count). The van der Waals surface area contributed by atoms with Crippen LogP contribution >= 0.6 is 0 Å². The van der Waals surface area contributed by atoms with E-state index < -0.39 is 5.41 Å². The molecule has 1 fully saturated rings. The predicted molar refractivity (Wildman–Crippen MR) is 154 cm³/mol. The van der Waals surface area contributed by atoms with Gasteiger partial charge in [0.15, 0.2) is 0 Å². The summed E-state index contributed by atoms with van der Waals surface area (Å²) in [6.07, 6.45) is 3.48. The summed E-state index contributed by atoms with van der Waals surface area (Å²) in [5.41, 5.74) is 5.33. The molecule has 4 nitrogen and oxygen atoms in total. The van der Waals surface area contributed by atoms with E-state index in [1.165, 1.54) is 16.7 Å². The Kier molecular flexibility index (Phi) is 8.20. The standard InChI is InChI=1S/C34H36N2O2/c1-38-32-14-8-13-30(23-32)34(33(37)36-25-26-9-4-2-5-10-26)21-19-31(20-22-34)35-24-27-15-17-29(18-16-27)28-11-6-3-7-12-28/h2-18,23,31,35H,19-22,24-25H2,1H3,(H,36,37). The van der Waals surface area contributed by atoms with E-state index in [0.717, 1.165) is 49.1 Å². The quantitative estimate of drug-likeness (QED) is 0.268. The zero-order valence-corrected chi connectivity index (χ0v) is 22.0. The maximum absolute atomic E-state index is 13.8. The molecule has 0 aromatic heterocycles. The second kappa shape index (κ2) is 12.1. The van der Waals surface area contributed by atoms with Crippen LogP contribution in [0.25, 0.3) is 11.1 Å². The van der Waals surface area contributed by atoms with Crippen molar-refractivity contribution in [2.45, 2.75) is 50.2 Å². The minimum atomic E-state index is -0.557. The number of amides is 1. The maximum Gasteiger partial charge on any atom is 0.230 e. The first-order valence-electron chi connectivity index (χ1n) is 13.5. The Morgan fingerprint density at radius 3 is 2.08 bits per heavy atom. The van der Waals surface area contributed by atoms with Gasteiger partial charge in [-0.2, -0.15) is 0 Å². The molecule has 0 radical (unpaired) electrons. The van der Waals surface area contributed by atoms with Gasteiger partial charge in [0.1, 0.15) is 5.75 Å². The average Bonchev–Trinajstić information content (AvgIpc) is 3.00. The van der Waals surface area contributed by atoms with Crippen LogP contribution in [0.2, 0.25) is 0 Å². The Labute approximate surface area is 226 Å². The van der Waals surface area contributed by atoms with Crippen molar-refractivity contribution < 1.29 is 9.53 Å². The van der Waals surface area contributed by atoms with Crippen LogP contribution in [0.15, 0.2) is 109 Å². The minimum Gasteiger partial charge on any atom is -0.497 e. The van der Waals surface area contributed by atoms with Gasteiger partial charge in [0.2, 0.25) is 5.91 Å². The highest BCUT2D eigenvalue weighted by molar-refractivity contribution is 5.88. The van der Waals surface area contributed by atoms with Gasteiger partial charge >= 0.3 is 0 Å². The van der Waals surface area contributed by atoms with Crippen molar-refractivity contribution in [2.75, 3.05) is 7.11 Å². The number of methoxy groups -OCH3 is 1. The van der Waals surface area contributed by atoms with Crippen LogP contribution in [0.5, 0.6) is 5.75 Å². The van der Waals surface area contributed by atoms with Crippen LogP contribution < -0.4 is 15.4 Å². The molecule has 0 bridgehead atoms. The lowest BCUT2D eigenvalue weighted by molar-refractivity contribution is -0.128. The van der Waals surface area contributed by atoms with E-state index in [4.69, 9.17) is 4.74 Å². The van der Waals surface area contributed by atoms with E-state index >= 15 is 0 Å². The smallest absolute Gasteiger partial charge is 0.230 e. The monoisotopic (exact) mass is 504 g/mol. The maximum atomic E-state index is 13.8. The molecular formula is C34H36N2O2. The number of carbonyl (C=O) groups is 1. The van der Waals surface area contributed by atoms with Crippen molar-refractivity contribution in [1.29, 1.82) is 0 Å². The third-order valence-electron chi connectivity index (χ3n) is 7.85. The molecule has 1 aliphatic rings. The van der Waals surface area contributed by atoms with Crippen LogP contribution in [-0.4, -0.2) is 19.1 Å². The summed E-state index contributed by atoms with van der Waals surface area (Å²) in [6.45, 7) is 1.36. The summed E-state index contributed by atoms with van der Waals surface area (Å²) < 4.78 is 5.50. The van der Waals surface area contributed by atoms with E-state index in [9.17, 15) is 4.79 Å². The molecule has 4 aromatic rings. The van der Waals surface area contributed by atoms with E-state index in [1.54, 1.807) is 7.11 Å². The van der Waals surface area contributed by atoms with Crippen LogP contribution in [0, 0.1) is 0 Å². The third-order valence-corrected chi connectivity index (χ3v) is 7.85. The van der Waals surface area contributed by atoms with Crippen molar-refractivity contribution in [2.24, 2.45) is 0 Å². The number of rotatable bonds is 9. The molecular weight excluding hydrogens is 468 g/mol. The molecule has 0 aliphatic heterocycles. The molecule has 0 saturated heterocycles. The third kappa shape index (κ3) is 5.98. The molecule has 194 valence electrons. The Morgan fingerprint density at radius 2 is 1.39 bits per heavy atom. The summed E-state index contributed by atoms with van der Waals surface area (Å²) in [6, 6.07) is 37.8. The molecule has 1 amide bonds. The molecule has 4 heteroatoms. The van der Waals surface area contributed by atoms with Gasteiger partial charge < -0.3 is 15.4 Å². The lowest BCUT2D eigenvalue weighted by Crippen LogP contribution is -2.49. The van der Waals surface area contributed by atoms with Crippen molar-refractivity contribution >= 4 is 5.91 Å². The van der Waals surface area contributed by atoms with E-state index in [0.29, 0.717) is 12.6 Å². The fraction of sp³-hybridized carbons (Fsp3) is 0.265. The largest absolute Gasteiger partial charge is 0.497 e. The topological polar surface area (TPSA) is 50.4 Å². The zero-order chi connectivity index (χ0) is 26.2. The second-order valence-corrected chi connectivity index (χ2v) is 10.2. The Morgan fingerprint density at radius 1 is 0.763 bits per heavy atom. The van der Waals surface area contributed by atoms with E-state index in [1.807, 2.05) is 54.6 Å². The van der Waals surface area contributed by atoms with Crippen LogP contribution in [0.1, 0.15) is 42.4 Å². The highest BCUT2D eigenvalue weighted by Crippen LogP contribution is 2.41. The van der Waals surface area contributed by atoms with Gasteiger partial charge in [0.05, 0.1) is 12.5 Å². The van der Waals surface area contributed by atoms with Crippen molar-refractivity contribution in [3.63, 3.8) is 0 Å². The summed E-state index contributed by atoms with van der Waals surface area (Å²) >= 11 is 0. The van der Waals surface area contributed by atoms with Gasteiger partial charge in [-0.1, -0.05) is 97.1 Å². The first kappa shape index (κ1) is 25.7. The molecule has 38 heavy (non-hydrogen) atoms. The molecule has 0 heterocycles. The fourth-order valence-electron chi connectivity index (χ4n) is 5.54. The zero-order valence-electron chi connectivity index (χ0n) is 22.0. The lowest BCUT2D eigenvalue weighted by atomic mass is 9.67. The SMILES string of the molecule is COc1cccc(C2(C(=O)NCc3ccccc3)CCC(NCc3ccc(-c4ccccc4)cc3)CC2)c1. The highest BCUT2D eigenvalue weighted by Gasteiger charge is 2.43. The van der Waals surface area contributed by atoms with E-state index in [-0.39, 0.29) is 5.91 Å². The van der Waals surface area contributed by atoms with Crippen molar-refractivity contribution in [3.8, 4) is 16.9 Å². The number of nitrogens with one attached hydrogen (secondary N) is 2. The predicted octanol–water partition coefficient (Wildman–Crippen LogP) is 6.65. The highest BCUT2D eigenvalue weighted by atomic mass is 16.5.